The molecule has 1 atom stereocenters. The Morgan fingerprint density at radius 1 is 1.53 bits per heavy atom. The molecule has 0 bridgehead atoms. The van der Waals surface area contributed by atoms with Crippen molar-refractivity contribution in [3.05, 3.63) is 11.9 Å². The van der Waals surface area contributed by atoms with Crippen LogP contribution >= 0.6 is 0 Å². The first-order valence-corrected chi connectivity index (χ1v) is 6.43. The van der Waals surface area contributed by atoms with Crippen LogP contribution in [0.4, 0.5) is 0 Å². The number of nitrogens with zero attached hydrogens (tertiary/aromatic N) is 4. The lowest BCUT2D eigenvalue weighted by atomic mass is 10.0. The van der Waals surface area contributed by atoms with Crippen LogP contribution in [-0.2, 0) is 6.61 Å². The van der Waals surface area contributed by atoms with Gasteiger partial charge in [-0.25, -0.2) is 4.68 Å². The molecule has 5 heteroatoms. The fourth-order valence-corrected chi connectivity index (χ4v) is 2.49. The smallest absolute Gasteiger partial charge is 0.108 e. The van der Waals surface area contributed by atoms with Crippen LogP contribution in [-0.4, -0.2) is 44.6 Å². The van der Waals surface area contributed by atoms with E-state index in [0.717, 1.165) is 19.5 Å². The molecule has 0 spiro atoms. The van der Waals surface area contributed by atoms with E-state index >= 15 is 0 Å². The first-order chi connectivity index (χ1) is 8.19. The van der Waals surface area contributed by atoms with E-state index in [1.165, 1.54) is 13.0 Å². The van der Waals surface area contributed by atoms with Crippen LogP contribution in [0.5, 0.6) is 0 Å². The molecule has 0 aliphatic carbocycles. The lowest BCUT2D eigenvalue weighted by molar-refractivity contribution is 0.154. The van der Waals surface area contributed by atoms with Gasteiger partial charge >= 0.3 is 0 Å². The Labute approximate surface area is 102 Å². The average molecular weight is 238 g/mol. The van der Waals surface area contributed by atoms with E-state index in [2.05, 4.69) is 29.1 Å². The molecular weight excluding hydrogens is 216 g/mol. The van der Waals surface area contributed by atoms with Crippen molar-refractivity contribution in [3.63, 3.8) is 0 Å². The Morgan fingerprint density at radius 3 is 3.00 bits per heavy atom. The summed E-state index contributed by atoms with van der Waals surface area (Å²) in [6.45, 7) is 7.87. The molecular formula is C12H22N4O. The largest absolute Gasteiger partial charge is 0.390 e. The highest BCUT2D eigenvalue weighted by molar-refractivity contribution is 4.92. The van der Waals surface area contributed by atoms with Crippen LogP contribution < -0.4 is 0 Å². The van der Waals surface area contributed by atoms with Crippen molar-refractivity contribution in [1.29, 1.82) is 0 Å². The Hall–Kier alpha value is -0.940. The summed E-state index contributed by atoms with van der Waals surface area (Å²) >= 11 is 0. The van der Waals surface area contributed by atoms with Gasteiger partial charge in [-0.2, -0.15) is 0 Å². The van der Waals surface area contributed by atoms with Gasteiger partial charge in [-0.3, -0.25) is 0 Å². The lowest BCUT2D eigenvalue weighted by Crippen LogP contribution is -2.38. The molecule has 1 aromatic rings. The summed E-state index contributed by atoms with van der Waals surface area (Å²) in [6, 6.07) is 0.412. The predicted molar refractivity (Wildman–Crippen MR) is 65.5 cm³/mol. The van der Waals surface area contributed by atoms with Crippen LogP contribution in [0.3, 0.4) is 0 Å². The maximum Gasteiger partial charge on any atom is 0.108 e. The molecule has 0 unspecified atom stereocenters. The number of aromatic nitrogens is 3. The molecule has 1 N–H and O–H groups in total. The van der Waals surface area contributed by atoms with Gasteiger partial charge in [0.25, 0.3) is 0 Å². The van der Waals surface area contributed by atoms with Crippen molar-refractivity contribution in [2.45, 2.75) is 39.3 Å². The van der Waals surface area contributed by atoms with Crippen molar-refractivity contribution in [2.24, 2.45) is 5.92 Å². The third-order valence-corrected chi connectivity index (χ3v) is 3.20. The highest BCUT2D eigenvalue weighted by atomic mass is 16.3. The van der Waals surface area contributed by atoms with Gasteiger partial charge in [0.15, 0.2) is 0 Å². The normalized spacial score (nSPS) is 22.2. The zero-order valence-electron chi connectivity index (χ0n) is 10.7. The van der Waals surface area contributed by atoms with E-state index in [9.17, 15) is 0 Å². The van der Waals surface area contributed by atoms with E-state index in [0.29, 0.717) is 17.7 Å². The molecule has 1 saturated heterocycles. The molecule has 0 aromatic carbocycles. The lowest BCUT2D eigenvalue weighted by Gasteiger charge is -2.33. The van der Waals surface area contributed by atoms with Crippen molar-refractivity contribution in [3.8, 4) is 0 Å². The summed E-state index contributed by atoms with van der Waals surface area (Å²) in [7, 11) is 0. The third kappa shape index (κ3) is 3.26. The predicted octanol–water partition coefficient (Wildman–Crippen LogP) is 1.06. The minimum absolute atomic E-state index is 0.0254. The summed E-state index contributed by atoms with van der Waals surface area (Å²) < 4.78 is 1.91. The van der Waals surface area contributed by atoms with Gasteiger partial charge in [-0.05, 0) is 25.3 Å². The maximum atomic E-state index is 8.99. The van der Waals surface area contributed by atoms with Crippen molar-refractivity contribution < 1.29 is 5.11 Å². The molecule has 1 aliphatic rings. The second-order valence-corrected chi connectivity index (χ2v) is 5.30. The number of aliphatic hydroxyl groups excluding tert-OH is 1. The fourth-order valence-electron chi connectivity index (χ4n) is 2.49. The molecule has 96 valence electrons. The van der Waals surface area contributed by atoms with Crippen molar-refractivity contribution >= 4 is 0 Å². The van der Waals surface area contributed by atoms with Crippen LogP contribution in [0.25, 0.3) is 0 Å². The Bertz CT molecular complexity index is 350. The second-order valence-electron chi connectivity index (χ2n) is 5.30. The van der Waals surface area contributed by atoms with Crippen LogP contribution in [0.15, 0.2) is 6.20 Å². The van der Waals surface area contributed by atoms with E-state index in [1.807, 2.05) is 10.9 Å². The summed E-state index contributed by atoms with van der Waals surface area (Å²) in [4.78, 5) is 2.50. The molecule has 2 rings (SSSR count). The summed E-state index contributed by atoms with van der Waals surface area (Å²) in [5.41, 5.74) is 0.658. The summed E-state index contributed by atoms with van der Waals surface area (Å²) in [5, 5.41) is 17.0. The van der Waals surface area contributed by atoms with E-state index in [-0.39, 0.29) is 6.61 Å². The van der Waals surface area contributed by atoms with Crippen molar-refractivity contribution in [2.75, 3.05) is 19.6 Å². The molecule has 5 nitrogen and oxygen atoms in total. The molecule has 17 heavy (non-hydrogen) atoms. The quantitative estimate of drug-likeness (QED) is 0.852. The van der Waals surface area contributed by atoms with Gasteiger partial charge in [-0.15, -0.1) is 5.10 Å². The van der Waals surface area contributed by atoms with Gasteiger partial charge in [-0.1, -0.05) is 19.1 Å². The van der Waals surface area contributed by atoms with Gasteiger partial charge in [0.2, 0.25) is 0 Å². The first kappa shape index (κ1) is 12.5. The monoisotopic (exact) mass is 238 g/mol. The number of hydrogen-bond acceptors (Lipinski definition) is 4. The molecule has 0 amide bonds. The van der Waals surface area contributed by atoms with Gasteiger partial charge in [0, 0.05) is 13.1 Å². The van der Waals surface area contributed by atoms with Crippen LogP contribution in [0.1, 0.15) is 38.4 Å². The fraction of sp³-hybridized carbons (Fsp3) is 0.833. The van der Waals surface area contributed by atoms with Crippen molar-refractivity contribution in [1.82, 2.24) is 19.9 Å². The Balaban J connectivity index is 1.96. The number of likely N-dealkylation sites (tertiary alicyclic amines) is 1. The Morgan fingerprint density at radius 2 is 2.35 bits per heavy atom. The van der Waals surface area contributed by atoms with Crippen LogP contribution in [0.2, 0.25) is 0 Å². The zero-order valence-corrected chi connectivity index (χ0v) is 10.7. The third-order valence-electron chi connectivity index (χ3n) is 3.20. The summed E-state index contributed by atoms with van der Waals surface area (Å²) in [6.07, 6.45) is 4.23. The number of aliphatic hydroxyl groups is 1. The number of piperidine rings is 1. The zero-order chi connectivity index (χ0) is 12.3. The minimum atomic E-state index is -0.0254. The highest BCUT2D eigenvalue weighted by Crippen LogP contribution is 2.21. The van der Waals surface area contributed by atoms with Gasteiger partial charge < -0.3 is 10.0 Å². The van der Waals surface area contributed by atoms with Crippen LogP contribution in [0, 0.1) is 5.92 Å². The maximum absolute atomic E-state index is 8.99. The van der Waals surface area contributed by atoms with Gasteiger partial charge in [0.1, 0.15) is 5.69 Å². The highest BCUT2D eigenvalue weighted by Gasteiger charge is 2.22. The topological polar surface area (TPSA) is 54.2 Å². The number of hydrogen-bond donors (Lipinski definition) is 1. The molecule has 2 heterocycles. The average Bonchev–Trinajstić information content (AvgIpc) is 2.77. The van der Waals surface area contributed by atoms with Gasteiger partial charge in [0.05, 0.1) is 18.8 Å². The number of rotatable bonds is 4. The SMILES string of the molecule is CC(C)CN1CCC[C@H](n2cc(CO)nn2)C1. The summed E-state index contributed by atoms with van der Waals surface area (Å²) in [5.74, 6) is 0.706. The second kappa shape index (κ2) is 5.60. The molecule has 1 fully saturated rings. The molecule has 1 aliphatic heterocycles. The molecule has 0 radical (unpaired) electrons. The molecule has 0 saturated carbocycles. The van der Waals surface area contributed by atoms with E-state index in [4.69, 9.17) is 5.11 Å². The first-order valence-electron chi connectivity index (χ1n) is 6.43. The minimum Gasteiger partial charge on any atom is -0.390 e. The van der Waals surface area contributed by atoms with E-state index in [1.54, 1.807) is 0 Å². The Kier molecular flexibility index (Phi) is 4.12. The van der Waals surface area contributed by atoms with E-state index < -0.39 is 0 Å². The standard InChI is InChI=1S/C12H22N4O/c1-10(2)6-15-5-3-4-12(8-15)16-7-11(9-17)13-14-16/h7,10,12,17H,3-6,8-9H2,1-2H3/t12-/m0/s1. The molecule has 1 aromatic heterocycles.